The highest BCUT2D eigenvalue weighted by atomic mass is 32.2. The molecule has 0 radical (unpaired) electrons. The third kappa shape index (κ3) is 2.43. The summed E-state index contributed by atoms with van der Waals surface area (Å²) in [5.74, 6) is -1.08. The molecule has 0 saturated heterocycles. The molecule has 2 rings (SSSR count). The van der Waals surface area contributed by atoms with Crippen LogP contribution in [0.15, 0.2) is 17.0 Å². The van der Waals surface area contributed by atoms with Crippen LogP contribution in [0.3, 0.4) is 0 Å². The highest BCUT2D eigenvalue weighted by molar-refractivity contribution is 8.00. The summed E-state index contributed by atoms with van der Waals surface area (Å²) < 4.78 is 26.8. The molecule has 0 amide bonds. The summed E-state index contributed by atoms with van der Waals surface area (Å²) in [5.41, 5.74) is 5.49. The minimum atomic E-state index is -0.538. The molecule has 0 spiro atoms. The van der Waals surface area contributed by atoms with Gasteiger partial charge < -0.3 is 5.73 Å². The molecule has 0 bridgehead atoms. The van der Waals surface area contributed by atoms with Crippen LogP contribution in [0.4, 0.5) is 14.5 Å². The van der Waals surface area contributed by atoms with E-state index >= 15 is 0 Å². The second kappa shape index (κ2) is 4.39. The first-order valence-electron chi connectivity index (χ1n) is 5.08. The maximum absolute atomic E-state index is 13.4. The smallest absolute Gasteiger partial charge is 0.141 e. The molecule has 0 unspecified atom stereocenters. The van der Waals surface area contributed by atoms with Gasteiger partial charge in [0, 0.05) is 10.9 Å². The van der Waals surface area contributed by atoms with Crippen molar-refractivity contribution < 1.29 is 8.78 Å². The lowest BCUT2D eigenvalue weighted by molar-refractivity contribution is 0.541. The monoisotopic (exact) mass is 229 g/mol. The number of hydrogen-bond donors (Lipinski definition) is 1. The van der Waals surface area contributed by atoms with Crippen LogP contribution in [0, 0.1) is 11.6 Å². The molecule has 1 nitrogen and oxygen atoms in total. The molecule has 4 heteroatoms. The van der Waals surface area contributed by atoms with Crippen LogP contribution in [0.2, 0.25) is 0 Å². The fourth-order valence-electron chi connectivity index (χ4n) is 1.86. The fourth-order valence-corrected chi connectivity index (χ4v) is 3.11. The summed E-state index contributed by atoms with van der Waals surface area (Å²) >= 11 is 1.31. The second-order valence-electron chi connectivity index (χ2n) is 3.84. The van der Waals surface area contributed by atoms with Crippen LogP contribution >= 0.6 is 11.8 Å². The number of anilines is 1. The number of benzene rings is 1. The maximum Gasteiger partial charge on any atom is 0.141 e. The molecule has 0 heterocycles. The molecule has 0 aliphatic heterocycles. The van der Waals surface area contributed by atoms with Crippen LogP contribution in [0.25, 0.3) is 0 Å². The van der Waals surface area contributed by atoms with Crippen LogP contribution in [0.1, 0.15) is 25.7 Å². The van der Waals surface area contributed by atoms with E-state index in [1.165, 1.54) is 23.9 Å². The topological polar surface area (TPSA) is 26.0 Å². The van der Waals surface area contributed by atoms with Gasteiger partial charge in [-0.05, 0) is 25.0 Å². The highest BCUT2D eigenvalue weighted by Crippen LogP contribution is 2.37. The van der Waals surface area contributed by atoms with Gasteiger partial charge in [-0.3, -0.25) is 0 Å². The summed E-state index contributed by atoms with van der Waals surface area (Å²) in [7, 11) is 0. The molecule has 1 aromatic rings. The molecule has 82 valence electrons. The number of hydrogen-bond acceptors (Lipinski definition) is 2. The standard InChI is InChI=1S/C11H13F2NS/c12-9-5-7(14)6-10(13)11(9)15-8-3-1-2-4-8/h5-6,8H,1-4,14H2. The zero-order valence-electron chi connectivity index (χ0n) is 8.30. The van der Waals surface area contributed by atoms with Gasteiger partial charge in [0.05, 0.1) is 4.90 Å². The Bertz CT molecular complexity index is 339. The van der Waals surface area contributed by atoms with Gasteiger partial charge >= 0.3 is 0 Å². The van der Waals surface area contributed by atoms with Crippen molar-refractivity contribution in [3.8, 4) is 0 Å². The molecule has 15 heavy (non-hydrogen) atoms. The third-order valence-electron chi connectivity index (χ3n) is 2.61. The van der Waals surface area contributed by atoms with Crippen molar-refractivity contribution in [2.24, 2.45) is 0 Å². The summed E-state index contributed by atoms with van der Waals surface area (Å²) in [6.45, 7) is 0. The first-order valence-corrected chi connectivity index (χ1v) is 5.96. The predicted molar refractivity (Wildman–Crippen MR) is 58.9 cm³/mol. The van der Waals surface area contributed by atoms with Crippen LogP contribution in [-0.2, 0) is 0 Å². The van der Waals surface area contributed by atoms with Crippen LogP contribution in [-0.4, -0.2) is 5.25 Å². The van der Waals surface area contributed by atoms with E-state index in [0.717, 1.165) is 25.7 Å². The average molecular weight is 229 g/mol. The number of rotatable bonds is 2. The normalized spacial score (nSPS) is 17.2. The van der Waals surface area contributed by atoms with Crippen molar-refractivity contribution in [3.05, 3.63) is 23.8 Å². The molecule has 1 fully saturated rings. The summed E-state index contributed by atoms with van der Waals surface area (Å²) in [5, 5.41) is 0.359. The number of nitrogen functional groups attached to an aromatic ring is 1. The van der Waals surface area contributed by atoms with Gasteiger partial charge in [-0.25, -0.2) is 8.78 Å². The molecule has 0 aromatic heterocycles. The zero-order chi connectivity index (χ0) is 10.8. The lowest BCUT2D eigenvalue weighted by atomic mass is 10.3. The third-order valence-corrected chi connectivity index (χ3v) is 4.04. The van der Waals surface area contributed by atoms with Crippen molar-refractivity contribution in [3.63, 3.8) is 0 Å². The Morgan fingerprint density at radius 1 is 1.13 bits per heavy atom. The Balaban J connectivity index is 2.19. The molecule has 1 aromatic carbocycles. The van der Waals surface area contributed by atoms with Crippen molar-refractivity contribution in [2.45, 2.75) is 35.8 Å². The molecule has 1 aliphatic rings. The molecule has 1 saturated carbocycles. The molecule has 0 atom stereocenters. The molecular formula is C11H13F2NS. The summed E-state index contributed by atoms with van der Waals surface area (Å²) in [4.78, 5) is 0.121. The van der Waals surface area contributed by atoms with Crippen molar-refractivity contribution in [1.82, 2.24) is 0 Å². The minimum absolute atomic E-state index is 0.121. The Hall–Kier alpha value is -0.770. The average Bonchev–Trinajstić information content (AvgIpc) is 2.63. The van der Waals surface area contributed by atoms with E-state index in [0.29, 0.717) is 5.25 Å². The van der Waals surface area contributed by atoms with Crippen LogP contribution < -0.4 is 5.73 Å². The maximum atomic E-state index is 13.4. The van der Waals surface area contributed by atoms with Crippen molar-refractivity contribution in [2.75, 3.05) is 5.73 Å². The zero-order valence-corrected chi connectivity index (χ0v) is 9.12. The Morgan fingerprint density at radius 2 is 1.67 bits per heavy atom. The van der Waals surface area contributed by atoms with Crippen LogP contribution in [0.5, 0.6) is 0 Å². The SMILES string of the molecule is Nc1cc(F)c(SC2CCCC2)c(F)c1. The summed E-state index contributed by atoms with van der Waals surface area (Å²) in [6, 6.07) is 2.36. The van der Waals surface area contributed by atoms with E-state index in [1.807, 2.05) is 0 Å². The molecule has 1 aliphatic carbocycles. The van der Waals surface area contributed by atoms with E-state index in [-0.39, 0.29) is 10.6 Å². The predicted octanol–water partition coefficient (Wildman–Crippen LogP) is 3.58. The van der Waals surface area contributed by atoms with E-state index in [1.54, 1.807) is 0 Å². The molecular weight excluding hydrogens is 216 g/mol. The van der Waals surface area contributed by atoms with E-state index in [2.05, 4.69) is 0 Å². The lowest BCUT2D eigenvalue weighted by Gasteiger charge is -2.10. The Morgan fingerprint density at radius 3 is 2.20 bits per heavy atom. The summed E-state index contributed by atoms with van der Waals surface area (Å²) in [6.07, 6.45) is 4.42. The first kappa shape index (κ1) is 10.7. The number of halogens is 2. The van der Waals surface area contributed by atoms with Gasteiger partial charge in [0.25, 0.3) is 0 Å². The van der Waals surface area contributed by atoms with Gasteiger partial charge in [-0.15, -0.1) is 11.8 Å². The van der Waals surface area contributed by atoms with Crippen molar-refractivity contribution >= 4 is 17.4 Å². The van der Waals surface area contributed by atoms with E-state index < -0.39 is 11.6 Å². The molecule has 2 N–H and O–H groups in total. The quantitative estimate of drug-likeness (QED) is 0.784. The van der Waals surface area contributed by atoms with Gasteiger partial charge in [-0.1, -0.05) is 12.8 Å². The van der Waals surface area contributed by atoms with Gasteiger partial charge in [0.2, 0.25) is 0 Å². The lowest BCUT2D eigenvalue weighted by Crippen LogP contribution is -1.99. The first-order chi connectivity index (χ1) is 7.16. The van der Waals surface area contributed by atoms with Gasteiger partial charge in [0.1, 0.15) is 11.6 Å². The minimum Gasteiger partial charge on any atom is -0.399 e. The Labute approximate surface area is 92.0 Å². The number of thioether (sulfide) groups is 1. The van der Waals surface area contributed by atoms with Gasteiger partial charge in [-0.2, -0.15) is 0 Å². The number of nitrogens with two attached hydrogens (primary N) is 1. The van der Waals surface area contributed by atoms with E-state index in [9.17, 15) is 8.78 Å². The fraction of sp³-hybridized carbons (Fsp3) is 0.455. The van der Waals surface area contributed by atoms with Gasteiger partial charge in [0.15, 0.2) is 0 Å². The second-order valence-corrected chi connectivity index (χ2v) is 5.15. The van der Waals surface area contributed by atoms with Crippen molar-refractivity contribution in [1.29, 1.82) is 0 Å². The Kier molecular flexibility index (Phi) is 3.14. The van der Waals surface area contributed by atoms with E-state index in [4.69, 9.17) is 5.73 Å². The largest absolute Gasteiger partial charge is 0.399 e. The highest BCUT2D eigenvalue weighted by Gasteiger charge is 2.20.